The molecule has 108 valence electrons. The minimum Gasteiger partial charge on any atom is -0.398 e. The number of benzene rings is 1. The van der Waals surface area contributed by atoms with E-state index in [1.54, 1.807) is 17.9 Å². The average molecular weight is 283 g/mol. The molecule has 1 aromatic carbocycles. The Hall–Kier alpha value is -1.98. The molecule has 1 heterocycles. The molecule has 0 aliphatic carbocycles. The molecule has 0 fully saturated rings. The molecule has 0 aliphatic rings. The number of aromatic nitrogens is 2. The molecule has 20 heavy (non-hydrogen) atoms. The second-order valence-corrected chi connectivity index (χ2v) is 5.06. The predicted molar refractivity (Wildman–Crippen MR) is 72.1 cm³/mol. The molecule has 0 saturated carbocycles. The molecule has 0 bridgehead atoms. The summed E-state index contributed by atoms with van der Waals surface area (Å²) in [4.78, 5) is 0. The Morgan fingerprint density at radius 3 is 2.35 bits per heavy atom. The molecule has 0 saturated heterocycles. The molecule has 0 amide bonds. The van der Waals surface area contributed by atoms with E-state index < -0.39 is 11.7 Å². The first-order chi connectivity index (χ1) is 9.20. The van der Waals surface area contributed by atoms with Gasteiger partial charge in [0.1, 0.15) is 0 Å². The maximum Gasteiger partial charge on any atom is 0.416 e. The Morgan fingerprint density at radius 1 is 1.20 bits per heavy atom. The van der Waals surface area contributed by atoms with Gasteiger partial charge in [-0.25, -0.2) is 0 Å². The van der Waals surface area contributed by atoms with E-state index >= 15 is 0 Å². The van der Waals surface area contributed by atoms with Gasteiger partial charge >= 0.3 is 6.18 Å². The van der Waals surface area contributed by atoms with Crippen LogP contribution in [0.1, 0.15) is 31.0 Å². The van der Waals surface area contributed by atoms with Gasteiger partial charge in [0.05, 0.1) is 11.3 Å². The van der Waals surface area contributed by atoms with E-state index in [-0.39, 0.29) is 11.6 Å². The quantitative estimate of drug-likeness (QED) is 0.852. The van der Waals surface area contributed by atoms with Crippen LogP contribution >= 0.6 is 0 Å². The second-order valence-electron chi connectivity index (χ2n) is 5.06. The van der Waals surface area contributed by atoms with E-state index in [4.69, 9.17) is 5.73 Å². The third-order valence-corrected chi connectivity index (χ3v) is 3.07. The maximum atomic E-state index is 12.6. The maximum absolute atomic E-state index is 12.6. The first kappa shape index (κ1) is 14.4. The predicted octanol–water partition coefficient (Wildman–Crippen LogP) is 3.81. The lowest BCUT2D eigenvalue weighted by Crippen LogP contribution is -2.06. The van der Waals surface area contributed by atoms with Crippen LogP contribution in [0.4, 0.5) is 18.9 Å². The average Bonchev–Trinajstić information content (AvgIpc) is 2.70. The molecule has 0 spiro atoms. The minimum atomic E-state index is -4.39. The van der Waals surface area contributed by atoms with Crippen LogP contribution in [0.5, 0.6) is 0 Å². The number of nitrogen functional groups attached to an aromatic ring is 1. The van der Waals surface area contributed by atoms with Crippen molar-refractivity contribution in [1.29, 1.82) is 0 Å². The van der Waals surface area contributed by atoms with Gasteiger partial charge in [-0.2, -0.15) is 18.3 Å². The van der Waals surface area contributed by atoms with Gasteiger partial charge in [0.15, 0.2) is 0 Å². The Bertz CT molecular complexity index is 627. The van der Waals surface area contributed by atoms with E-state index in [1.165, 1.54) is 6.07 Å². The number of alkyl halides is 3. The summed E-state index contributed by atoms with van der Waals surface area (Å²) in [5, 5.41) is 4.34. The molecule has 2 rings (SSSR count). The Kier molecular flexibility index (Phi) is 3.50. The van der Waals surface area contributed by atoms with Crippen molar-refractivity contribution >= 4 is 5.69 Å². The normalized spacial score (nSPS) is 12.2. The summed E-state index contributed by atoms with van der Waals surface area (Å²) in [5.74, 6) is 0.160. The summed E-state index contributed by atoms with van der Waals surface area (Å²) in [5.41, 5.74) is 7.32. The molecular formula is C14H16F3N3. The number of anilines is 1. The van der Waals surface area contributed by atoms with Crippen LogP contribution in [0.25, 0.3) is 11.1 Å². The van der Waals surface area contributed by atoms with Crippen molar-refractivity contribution in [2.24, 2.45) is 7.05 Å². The van der Waals surface area contributed by atoms with Crippen molar-refractivity contribution in [1.82, 2.24) is 9.78 Å². The Labute approximate surface area is 115 Å². The van der Waals surface area contributed by atoms with Gasteiger partial charge in [0, 0.05) is 30.1 Å². The van der Waals surface area contributed by atoms with E-state index in [9.17, 15) is 13.2 Å². The van der Waals surface area contributed by atoms with Gasteiger partial charge < -0.3 is 5.73 Å². The fourth-order valence-electron chi connectivity index (χ4n) is 2.12. The smallest absolute Gasteiger partial charge is 0.398 e. The minimum absolute atomic E-state index is 0.106. The van der Waals surface area contributed by atoms with Gasteiger partial charge in [-0.3, -0.25) is 4.68 Å². The van der Waals surface area contributed by atoms with Crippen molar-refractivity contribution in [2.45, 2.75) is 25.9 Å². The number of hydrogen-bond donors (Lipinski definition) is 1. The number of nitrogens with zero attached hydrogens (tertiary/aromatic N) is 2. The molecule has 2 N–H and O–H groups in total. The SMILES string of the molecule is CC(C)c1nn(C)cc1-c1ccc(C(F)(F)F)cc1N. The molecule has 0 unspecified atom stereocenters. The van der Waals surface area contributed by atoms with Crippen molar-refractivity contribution in [3.63, 3.8) is 0 Å². The van der Waals surface area contributed by atoms with E-state index in [1.807, 2.05) is 13.8 Å². The standard InChI is InChI=1S/C14H16F3N3/c1-8(2)13-11(7-20(3)19-13)10-5-4-9(6-12(10)18)14(15,16)17/h4-8H,18H2,1-3H3. The lowest BCUT2D eigenvalue weighted by atomic mass is 9.97. The molecule has 0 radical (unpaired) electrons. The molecule has 6 heteroatoms. The lowest BCUT2D eigenvalue weighted by molar-refractivity contribution is -0.137. The van der Waals surface area contributed by atoms with Gasteiger partial charge in [-0.1, -0.05) is 19.9 Å². The highest BCUT2D eigenvalue weighted by molar-refractivity contribution is 5.78. The van der Waals surface area contributed by atoms with Crippen LogP contribution in [0.15, 0.2) is 24.4 Å². The summed E-state index contributed by atoms with van der Waals surface area (Å²) in [7, 11) is 1.77. The van der Waals surface area contributed by atoms with Crippen molar-refractivity contribution < 1.29 is 13.2 Å². The van der Waals surface area contributed by atoms with Crippen LogP contribution in [-0.2, 0) is 13.2 Å². The molecule has 0 aliphatic heterocycles. The molecule has 2 aromatic rings. The summed E-state index contributed by atoms with van der Waals surface area (Å²) in [6.45, 7) is 3.96. The third kappa shape index (κ3) is 2.64. The first-order valence-electron chi connectivity index (χ1n) is 6.20. The summed E-state index contributed by atoms with van der Waals surface area (Å²) < 4.78 is 39.6. The fourth-order valence-corrected chi connectivity index (χ4v) is 2.12. The highest BCUT2D eigenvalue weighted by atomic mass is 19.4. The fraction of sp³-hybridized carbons (Fsp3) is 0.357. The number of hydrogen-bond acceptors (Lipinski definition) is 2. The Balaban J connectivity index is 2.54. The van der Waals surface area contributed by atoms with Gasteiger partial charge in [0.2, 0.25) is 0 Å². The number of nitrogens with two attached hydrogens (primary N) is 1. The van der Waals surface area contributed by atoms with E-state index in [0.717, 1.165) is 23.4 Å². The highest BCUT2D eigenvalue weighted by Gasteiger charge is 2.31. The van der Waals surface area contributed by atoms with Crippen molar-refractivity contribution in [3.8, 4) is 11.1 Å². The highest BCUT2D eigenvalue weighted by Crippen LogP contribution is 2.36. The van der Waals surface area contributed by atoms with Gasteiger partial charge in [0.25, 0.3) is 0 Å². The zero-order valence-electron chi connectivity index (χ0n) is 11.5. The molecular weight excluding hydrogens is 267 g/mol. The van der Waals surface area contributed by atoms with Crippen LogP contribution < -0.4 is 5.73 Å². The number of aryl methyl sites for hydroxylation is 1. The Morgan fingerprint density at radius 2 is 1.85 bits per heavy atom. The zero-order chi connectivity index (χ0) is 15.1. The summed E-state index contributed by atoms with van der Waals surface area (Å²) >= 11 is 0. The van der Waals surface area contributed by atoms with Crippen molar-refractivity contribution in [2.75, 3.05) is 5.73 Å². The van der Waals surface area contributed by atoms with Gasteiger partial charge in [-0.15, -0.1) is 0 Å². The largest absolute Gasteiger partial charge is 0.416 e. The van der Waals surface area contributed by atoms with Crippen LogP contribution in [-0.4, -0.2) is 9.78 Å². The third-order valence-electron chi connectivity index (χ3n) is 3.07. The van der Waals surface area contributed by atoms with Crippen LogP contribution in [0.2, 0.25) is 0 Å². The van der Waals surface area contributed by atoms with Crippen LogP contribution in [0, 0.1) is 0 Å². The zero-order valence-corrected chi connectivity index (χ0v) is 11.5. The molecule has 0 atom stereocenters. The first-order valence-corrected chi connectivity index (χ1v) is 6.20. The molecule has 3 nitrogen and oxygen atoms in total. The topological polar surface area (TPSA) is 43.8 Å². The summed E-state index contributed by atoms with van der Waals surface area (Å²) in [6, 6.07) is 3.41. The van der Waals surface area contributed by atoms with Crippen molar-refractivity contribution in [3.05, 3.63) is 35.7 Å². The number of halogens is 3. The number of rotatable bonds is 2. The van der Waals surface area contributed by atoms with Gasteiger partial charge in [-0.05, 0) is 18.1 Å². The summed E-state index contributed by atoms with van der Waals surface area (Å²) in [6.07, 6.45) is -2.61. The van der Waals surface area contributed by atoms with E-state index in [0.29, 0.717) is 5.56 Å². The lowest BCUT2D eigenvalue weighted by Gasteiger charge is -2.11. The molecule has 1 aromatic heterocycles. The van der Waals surface area contributed by atoms with E-state index in [2.05, 4.69) is 5.10 Å². The monoisotopic (exact) mass is 283 g/mol. The van der Waals surface area contributed by atoms with Crippen LogP contribution in [0.3, 0.4) is 0 Å². The second kappa shape index (κ2) is 4.85.